The number of anilines is 1. The molecule has 0 aliphatic carbocycles. The van der Waals surface area contributed by atoms with Crippen LogP contribution in [0.15, 0.2) is 22.7 Å². The predicted molar refractivity (Wildman–Crippen MR) is 79.2 cm³/mol. The second-order valence-corrected chi connectivity index (χ2v) is 5.29. The first-order chi connectivity index (χ1) is 9.43. The number of ketones is 1. The molecule has 0 unspecified atom stereocenters. The van der Waals surface area contributed by atoms with Crippen LogP contribution in [0.1, 0.15) is 28.7 Å². The maximum absolute atomic E-state index is 13.4. The van der Waals surface area contributed by atoms with Gasteiger partial charge in [-0.15, -0.1) is 0 Å². The SMILES string of the molecule is CCn1nc(C)c(Br)c1CC(=O)c1ccc(N)c(F)c1. The highest BCUT2D eigenvalue weighted by Gasteiger charge is 2.17. The van der Waals surface area contributed by atoms with Crippen LogP contribution in [0.3, 0.4) is 0 Å². The van der Waals surface area contributed by atoms with E-state index >= 15 is 0 Å². The van der Waals surface area contributed by atoms with Gasteiger partial charge in [0.05, 0.1) is 28.0 Å². The van der Waals surface area contributed by atoms with Crippen molar-refractivity contribution in [3.8, 4) is 0 Å². The Morgan fingerprint density at radius 2 is 2.20 bits per heavy atom. The van der Waals surface area contributed by atoms with E-state index in [1.165, 1.54) is 18.2 Å². The molecule has 2 aromatic rings. The van der Waals surface area contributed by atoms with Gasteiger partial charge >= 0.3 is 0 Å². The van der Waals surface area contributed by atoms with Gasteiger partial charge in [0.25, 0.3) is 0 Å². The second-order valence-electron chi connectivity index (χ2n) is 4.50. The maximum atomic E-state index is 13.4. The molecule has 0 aliphatic heterocycles. The Morgan fingerprint density at radius 3 is 2.80 bits per heavy atom. The summed E-state index contributed by atoms with van der Waals surface area (Å²) in [6.45, 7) is 4.49. The lowest BCUT2D eigenvalue weighted by Crippen LogP contribution is -2.10. The Kier molecular flexibility index (Phi) is 4.23. The molecule has 4 nitrogen and oxygen atoms in total. The molecule has 20 heavy (non-hydrogen) atoms. The van der Waals surface area contributed by atoms with Gasteiger partial charge in [0.2, 0.25) is 0 Å². The van der Waals surface area contributed by atoms with Gasteiger partial charge in [0.1, 0.15) is 5.82 Å². The first-order valence-corrected chi connectivity index (χ1v) is 7.03. The molecule has 2 rings (SSSR count). The number of aryl methyl sites for hydroxylation is 2. The van der Waals surface area contributed by atoms with Crippen molar-refractivity contribution in [3.63, 3.8) is 0 Å². The van der Waals surface area contributed by atoms with E-state index in [2.05, 4.69) is 21.0 Å². The number of Topliss-reactive ketones (excluding diaryl/α,β-unsaturated/α-hetero) is 1. The van der Waals surface area contributed by atoms with Gasteiger partial charge in [-0.1, -0.05) is 0 Å². The van der Waals surface area contributed by atoms with Gasteiger partial charge in [0, 0.05) is 12.1 Å². The van der Waals surface area contributed by atoms with E-state index in [1.54, 1.807) is 4.68 Å². The topological polar surface area (TPSA) is 60.9 Å². The van der Waals surface area contributed by atoms with Crippen molar-refractivity contribution in [2.75, 3.05) is 5.73 Å². The summed E-state index contributed by atoms with van der Waals surface area (Å²) in [6.07, 6.45) is 0.165. The summed E-state index contributed by atoms with van der Waals surface area (Å²) in [4.78, 5) is 12.2. The quantitative estimate of drug-likeness (QED) is 0.687. The van der Waals surface area contributed by atoms with Crippen LogP contribution in [0.4, 0.5) is 10.1 Å². The lowest BCUT2D eigenvalue weighted by molar-refractivity contribution is 0.0990. The van der Waals surface area contributed by atoms with Crippen LogP contribution in [0.2, 0.25) is 0 Å². The average molecular weight is 340 g/mol. The smallest absolute Gasteiger partial charge is 0.168 e. The van der Waals surface area contributed by atoms with E-state index in [9.17, 15) is 9.18 Å². The van der Waals surface area contributed by atoms with Crippen molar-refractivity contribution in [2.24, 2.45) is 0 Å². The molecule has 2 N–H and O–H groups in total. The number of carbonyl (C=O) groups is 1. The van der Waals surface area contributed by atoms with Crippen molar-refractivity contribution in [1.29, 1.82) is 0 Å². The first kappa shape index (κ1) is 14.7. The lowest BCUT2D eigenvalue weighted by Gasteiger charge is -2.06. The lowest BCUT2D eigenvalue weighted by atomic mass is 10.1. The van der Waals surface area contributed by atoms with Crippen molar-refractivity contribution < 1.29 is 9.18 Å². The van der Waals surface area contributed by atoms with Crippen molar-refractivity contribution >= 4 is 27.4 Å². The summed E-state index contributed by atoms with van der Waals surface area (Å²) in [5.74, 6) is -0.741. The first-order valence-electron chi connectivity index (χ1n) is 6.24. The summed E-state index contributed by atoms with van der Waals surface area (Å²) in [5, 5.41) is 4.33. The Balaban J connectivity index is 2.30. The molecule has 0 atom stereocenters. The van der Waals surface area contributed by atoms with Gasteiger partial charge in [-0.2, -0.15) is 5.10 Å². The molecule has 0 saturated carbocycles. The normalized spacial score (nSPS) is 10.8. The van der Waals surface area contributed by atoms with Crippen LogP contribution >= 0.6 is 15.9 Å². The zero-order valence-electron chi connectivity index (χ0n) is 11.3. The number of carbonyl (C=O) groups excluding carboxylic acids is 1. The van der Waals surface area contributed by atoms with Crippen LogP contribution in [0.25, 0.3) is 0 Å². The van der Waals surface area contributed by atoms with Crippen LogP contribution in [0, 0.1) is 12.7 Å². The van der Waals surface area contributed by atoms with Gasteiger partial charge in [-0.05, 0) is 48.0 Å². The van der Waals surface area contributed by atoms with Gasteiger partial charge < -0.3 is 5.73 Å². The van der Waals surface area contributed by atoms with E-state index in [4.69, 9.17) is 5.73 Å². The maximum Gasteiger partial charge on any atom is 0.168 e. The third kappa shape index (κ3) is 2.75. The fourth-order valence-electron chi connectivity index (χ4n) is 1.99. The zero-order valence-corrected chi connectivity index (χ0v) is 12.9. The number of halogens is 2. The number of nitrogen functional groups attached to an aromatic ring is 1. The monoisotopic (exact) mass is 339 g/mol. The summed E-state index contributed by atoms with van der Waals surface area (Å²) in [7, 11) is 0. The fraction of sp³-hybridized carbons (Fsp3) is 0.286. The highest BCUT2D eigenvalue weighted by molar-refractivity contribution is 9.10. The summed E-state index contributed by atoms with van der Waals surface area (Å²) in [5.41, 5.74) is 7.39. The molecular formula is C14H15BrFN3O. The minimum Gasteiger partial charge on any atom is -0.396 e. The van der Waals surface area contributed by atoms with E-state index in [0.717, 1.165) is 15.9 Å². The van der Waals surface area contributed by atoms with Gasteiger partial charge in [0.15, 0.2) is 5.78 Å². The molecule has 106 valence electrons. The predicted octanol–water partition coefficient (Wildman–Crippen LogP) is 3.12. The van der Waals surface area contributed by atoms with E-state index in [-0.39, 0.29) is 17.9 Å². The standard InChI is InChI=1S/C14H15BrFN3O/c1-3-19-12(14(15)8(2)18-19)7-13(20)9-4-5-11(17)10(16)6-9/h4-6H,3,7,17H2,1-2H3. The minimum absolute atomic E-state index is 0.0391. The number of hydrogen-bond acceptors (Lipinski definition) is 3. The molecule has 1 aromatic carbocycles. The number of nitrogens with zero attached hydrogens (tertiary/aromatic N) is 2. The summed E-state index contributed by atoms with van der Waals surface area (Å²) < 4.78 is 16.0. The number of benzene rings is 1. The molecule has 0 amide bonds. The Bertz CT molecular complexity index is 667. The van der Waals surface area contributed by atoms with E-state index in [1.807, 2.05) is 13.8 Å². The van der Waals surface area contributed by atoms with Crippen molar-refractivity contribution in [1.82, 2.24) is 9.78 Å². The highest BCUT2D eigenvalue weighted by Crippen LogP contribution is 2.23. The fourth-order valence-corrected chi connectivity index (χ4v) is 2.42. The molecule has 1 aromatic heterocycles. The Labute approximate surface area is 124 Å². The largest absolute Gasteiger partial charge is 0.396 e. The van der Waals surface area contributed by atoms with Crippen molar-refractivity contribution in [2.45, 2.75) is 26.8 Å². The van der Waals surface area contributed by atoms with Crippen LogP contribution < -0.4 is 5.73 Å². The number of aromatic nitrogens is 2. The van der Waals surface area contributed by atoms with Gasteiger partial charge in [-0.3, -0.25) is 9.48 Å². The molecular weight excluding hydrogens is 325 g/mol. The molecule has 0 aliphatic rings. The molecule has 6 heteroatoms. The van der Waals surface area contributed by atoms with E-state index < -0.39 is 5.82 Å². The molecule has 0 fully saturated rings. The second kappa shape index (κ2) is 5.75. The Morgan fingerprint density at radius 1 is 1.50 bits per heavy atom. The van der Waals surface area contributed by atoms with Crippen LogP contribution in [0.5, 0.6) is 0 Å². The highest BCUT2D eigenvalue weighted by atomic mass is 79.9. The summed E-state index contributed by atoms with van der Waals surface area (Å²) >= 11 is 3.44. The number of nitrogens with two attached hydrogens (primary N) is 1. The third-order valence-electron chi connectivity index (χ3n) is 3.10. The van der Waals surface area contributed by atoms with E-state index in [0.29, 0.717) is 12.1 Å². The van der Waals surface area contributed by atoms with Crippen LogP contribution in [-0.2, 0) is 13.0 Å². The molecule has 1 heterocycles. The molecule has 0 spiro atoms. The zero-order chi connectivity index (χ0) is 14.9. The third-order valence-corrected chi connectivity index (χ3v) is 4.13. The molecule has 0 radical (unpaired) electrons. The number of rotatable bonds is 4. The van der Waals surface area contributed by atoms with Gasteiger partial charge in [-0.25, -0.2) is 4.39 Å². The Hall–Kier alpha value is -1.69. The summed E-state index contributed by atoms with van der Waals surface area (Å²) in [6, 6.07) is 4.11. The number of hydrogen-bond donors (Lipinski definition) is 1. The van der Waals surface area contributed by atoms with Crippen LogP contribution in [-0.4, -0.2) is 15.6 Å². The molecule has 0 saturated heterocycles. The van der Waals surface area contributed by atoms with Crippen molar-refractivity contribution in [3.05, 3.63) is 45.4 Å². The minimum atomic E-state index is -0.574. The average Bonchev–Trinajstić information content (AvgIpc) is 2.69. The molecule has 0 bridgehead atoms.